The number of hydrogen-bond donors (Lipinski definition) is 0. The van der Waals surface area contributed by atoms with Gasteiger partial charge in [0.1, 0.15) is 0 Å². The molecule has 0 fully saturated rings. The number of aromatic nitrogens is 2. The summed E-state index contributed by atoms with van der Waals surface area (Å²) in [5.74, 6) is 0. The highest BCUT2D eigenvalue weighted by Gasteiger charge is 2.24. The van der Waals surface area contributed by atoms with Gasteiger partial charge in [-0.15, -0.1) is 0 Å². The van der Waals surface area contributed by atoms with Crippen LogP contribution >= 0.6 is 47.8 Å². The molecule has 0 unspecified atom stereocenters. The first-order chi connectivity index (χ1) is 8.57. The second-order valence-electron chi connectivity index (χ2n) is 3.90. The average molecular weight is 431 g/mol. The van der Waals surface area contributed by atoms with Crippen LogP contribution in [0, 0.1) is 0 Å². The van der Waals surface area contributed by atoms with Crippen LogP contribution in [0.2, 0.25) is 0 Å². The van der Waals surface area contributed by atoms with Crippen LogP contribution in [-0.2, 0) is 2.14 Å². The van der Waals surface area contributed by atoms with Gasteiger partial charge in [-0.05, 0) is 18.2 Å². The Kier molecular flexibility index (Phi) is 3.16. The standard InChI is InChI=1S/C13H7Br3N2/c14-13(15,16)10-7-8-3-1-5-17-11(8)12-9(10)4-2-6-18-12/h1-7H. The minimum Gasteiger partial charge on any atom is -0.254 e. The van der Waals surface area contributed by atoms with Crippen molar-refractivity contribution < 1.29 is 0 Å². The predicted octanol–water partition coefficient (Wildman–Crippen LogP) is 5.08. The molecule has 0 amide bonds. The van der Waals surface area contributed by atoms with E-state index in [1.54, 1.807) is 12.4 Å². The fourth-order valence-electron chi connectivity index (χ4n) is 2.01. The van der Waals surface area contributed by atoms with Gasteiger partial charge in [0.25, 0.3) is 0 Å². The largest absolute Gasteiger partial charge is 0.254 e. The molecular formula is C13H7Br3N2. The molecule has 0 spiro atoms. The second kappa shape index (κ2) is 4.54. The van der Waals surface area contributed by atoms with E-state index in [1.165, 1.54) is 0 Å². The number of pyridine rings is 2. The van der Waals surface area contributed by atoms with Gasteiger partial charge in [-0.1, -0.05) is 59.9 Å². The Morgan fingerprint density at radius 3 is 2.28 bits per heavy atom. The van der Waals surface area contributed by atoms with Crippen molar-refractivity contribution in [3.8, 4) is 0 Å². The maximum absolute atomic E-state index is 4.46. The maximum atomic E-state index is 4.46. The van der Waals surface area contributed by atoms with E-state index >= 15 is 0 Å². The lowest BCUT2D eigenvalue weighted by Gasteiger charge is -2.16. The smallest absolute Gasteiger partial charge is 0.160 e. The van der Waals surface area contributed by atoms with E-state index in [0.717, 1.165) is 27.4 Å². The van der Waals surface area contributed by atoms with Gasteiger partial charge in [0.2, 0.25) is 0 Å². The third-order valence-electron chi connectivity index (χ3n) is 2.77. The molecule has 5 heteroatoms. The molecule has 0 aliphatic rings. The molecule has 3 rings (SSSR count). The molecule has 2 heterocycles. The fraction of sp³-hybridized carbons (Fsp3) is 0.0769. The van der Waals surface area contributed by atoms with E-state index in [-0.39, 0.29) is 0 Å². The van der Waals surface area contributed by atoms with Crippen LogP contribution in [0.5, 0.6) is 0 Å². The third-order valence-corrected chi connectivity index (χ3v) is 4.05. The molecule has 1 aromatic carbocycles. The number of fused-ring (bicyclic) bond motifs is 3. The molecule has 0 saturated carbocycles. The van der Waals surface area contributed by atoms with Crippen molar-refractivity contribution in [1.82, 2.24) is 9.97 Å². The van der Waals surface area contributed by atoms with Gasteiger partial charge < -0.3 is 0 Å². The van der Waals surface area contributed by atoms with E-state index in [2.05, 4.69) is 63.8 Å². The summed E-state index contributed by atoms with van der Waals surface area (Å²) < 4.78 is -0.460. The molecule has 0 atom stereocenters. The lowest BCUT2D eigenvalue weighted by Crippen LogP contribution is -2.00. The van der Waals surface area contributed by atoms with Crippen molar-refractivity contribution >= 4 is 69.6 Å². The van der Waals surface area contributed by atoms with Gasteiger partial charge >= 0.3 is 0 Å². The first-order valence-electron chi connectivity index (χ1n) is 5.27. The van der Waals surface area contributed by atoms with Crippen LogP contribution < -0.4 is 0 Å². The van der Waals surface area contributed by atoms with E-state index in [9.17, 15) is 0 Å². The van der Waals surface area contributed by atoms with Crippen molar-refractivity contribution in [3.63, 3.8) is 0 Å². The van der Waals surface area contributed by atoms with Crippen LogP contribution in [-0.4, -0.2) is 9.97 Å². The summed E-state index contributed by atoms with van der Waals surface area (Å²) in [5.41, 5.74) is 2.91. The molecule has 2 aromatic heterocycles. The Balaban J connectivity index is 2.55. The van der Waals surface area contributed by atoms with Gasteiger partial charge in [-0.25, -0.2) is 0 Å². The van der Waals surface area contributed by atoms with Gasteiger partial charge in [0.15, 0.2) is 2.14 Å². The van der Waals surface area contributed by atoms with Crippen LogP contribution in [0.25, 0.3) is 21.8 Å². The Labute approximate surface area is 129 Å². The normalized spacial score (nSPS) is 12.2. The summed E-state index contributed by atoms with van der Waals surface area (Å²) >= 11 is 10.7. The summed E-state index contributed by atoms with van der Waals surface area (Å²) in [4.78, 5) is 8.88. The topological polar surface area (TPSA) is 25.8 Å². The lowest BCUT2D eigenvalue weighted by atomic mass is 10.1. The highest BCUT2D eigenvalue weighted by molar-refractivity contribution is 9.38. The second-order valence-corrected chi connectivity index (χ2v) is 10.7. The average Bonchev–Trinajstić information content (AvgIpc) is 2.37. The summed E-state index contributed by atoms with van der Waals surface area (Å²) in [7, 11) is 0. The monoisotopic (exact) mass is 428 g/mol. The SMILES string of the molecule is BrC(Br)(Br)c1cc2cccnc2c2ncccc12. The molecule has 3 aromatic rings. The highest BCUT2D eigenvalue weighted by Crippen LogP contribution is 2.47. The van der Waals surface area contributed by atoms with Crippen LogP contribution in [0.3, 0.4) is 0 Å². The minimum absolute atomic E-state index is 0.460. The summed E-state index contributed by atoms with van der Waals surface area (Å²) in [6, 6.07) is 10.0. The maximum Gasteiger partial charge on any atom is 0.160 e. The van der Waals surface area contributed by atoms with Gasteiger partial charge in [0, 0.05) is 28.7 Å². The van der Waals surface area contributed by atoms with Crippen molar-refractivity contribution in [2.24, 2.45) is 0 Å². The van der Waals surface area contributed by atoms with Crippen molar-refractivity contribution in [1.29, 1.82) is 0 Å². The zero-order valence-corrected chi connectivity index (χ0v) is 13.8. The molecule has 0 aliphatic carbocycles. The number of hydrogen-bond acceptors (Lipinski definition) is 2. The Bertz CT molecular complexity index is 735. The molecule has 0 bridgehead atoms. The van der Waals surface area contributed by atoms with Crippen molar-refractivity contribution in [3.05, 3.63) is 48.3 Å². The molecule has 0 saturated heterocycles. The molecule has 90 valence electrons. The molecule has 2 nitrogen and oxygen atoms in total. The van der Waals surface area contributed by atoms with E-state index in [4.69, 9.17) is 0 Å². The molecular weight excluding hydrogens is 424 g/mol. The first-order valence-corrected chi connectivity index (χ1v) is 7.65. The Morgan fingerprint density at radius 1 is 0.889 bits per heavy atom. The van der Waals surface area contributed by atoms with Crippen LogP contribution in [0.1, 0.15) is 5.56 Å². The third kappa shape index (κ3) is 2.08. The van der Waals surface area contributed by atoms with E-state index in [1.807, 2.05) is 24.3 Å². The fourth-order valence-corrected chi connectivity index (χ4v) is 3.00. The molecule has 18 heavy (non-hydrogen) atoms. The molecule has 0 radical (unpaired) electrons. The Hall–Kier alpha value is -0.520. The summed E-state index contributed by atoms with van der Waals surface area (Å²) in [6.45, 7) is 0. The van der Waals surface area contributed by atoms with Gasteiger partial charge in [0.05, 0.1) is 11.0 Å². The zero-order valence-electron chi connectivity index (χ0n) is 9.07. The Morgan fingerprint density at radius 2 is 1.56 bits per heavy atom. The number of rotatable bonds is 0. The number of alkyl halides is 3. The minimum atomic E-state index is -0.460. The number of benzene rings is 1. The van der Waals surface area contributed by atoms with Gasteiger partial charge in [-0.2, -0.15) is 0 Å². The zero-order chi connectivity index (χ0) is 12.8. The van der Waals surface area contributed by atoms with E-state index < -0.39 is 2.14 Å². The number of nitrogens with zero attached hydrogens (tertiary/aromatic N) is 2. The highest BCUT2D eigenvalue weighted by atomic mass is 80.0. The summed E-state index contributed by atoms with van der Waals surface area (Å²) in [6.07, 6.45) is 3.58. The van der Waals surface area contributed by atoms with Crippen LogP contribution in [0.15, 0.2) is 42.7 Å². The van der Waals surface area contributed by atoms with Gasteiger partial charge in [-0.3, -0.25) is 9.97 Å². The molecule has 0 aliphatic heterocycles. The lowest BCUT2D eigenvalue weighted by molar-refractivity contribution is 1.34. The first kappa shape index (κ1) is 12.5. The molecule has 0 N–H and O–H groups in total. The number of halogens is 3. The van der Waals surface area contributed by atoms with Crippen molar-refractivity contribution in [2.75, 3.05) is 0 Å². The van der Waals surface area contributed by atoms with Crippen molar-refractivity contribution in [2.45, 2.75) is 2.14 Å². The van der Waals surface area contributed by atoms with Crippen LogP contribution in [0.4, 0.5) is 0 Å². The van der Waals surface area contributed by atoms with E-state index in [0.29, 0.717) is 0 Å². The quantitative estimate of drug-likeness (QED) is 0.367. The predicted molar refractivity (Wildman–Crippen MR) is 85.5 cm³/mol. The summed E-state index contributed by atoms with van der Waals surface area (Å²) in [5, 5.41) is 2.13.